The van der Waals surface area contributed by atoms with Crippen molar-refractivity contribution in [2.75, 3.05) is 7.05 Å². The first-order chi connectivity index (χ1) is 9.99. The monoisotopic (exact) mass is 327 g/mol. The maximum absolute atomic E-state index is 6.19. The fourth-order valence-electron chi connectivity index (χ4n) is 2.03. The molecule has 0 fully saturated rings. The van der Waals surface area contributed by atoms with Crippen molar-refractivity contribution in [3.8, 4) is 0 Å². The van der Waals surface area contributed by atoms with E-state index in [0.29, 0.717) is 22.0 Å². The van der Waals surface area contributed by atoms with Gasteiger partial charge in [-0.05, 0) is 38.1 Å². The third-order valence-corrected chi connectivity index (χ3v) is 4.02. The molecule has 0 saturated heterocycles. The van der Waals surface area contributed by atoms with Crippen molar-refractivity contribution in [3.63, 3.8) is 0 Å². The van der Waals surface area contributed by atoms with Gasteiger partial charge in [0.2, 0.25) is 5.89 Å². The molecule has 1 N–H and O–H groups in total. The number of nitrogens with zero attached hydrogens (tertiary/aromatic N) is 2. The maximum Gasteiger partial charge on any atom is 0.229 e. The molecule has 1 aromatic heterocycles. The number of aromatic nitrogens is 2. The lowest BCUT2D eigenvalue weighted by Gasteiger charge is -2.08. The van der Waals surface area contributed by atoms with Crippen molar-refractivity contribution < 1.29 is 4.52 Å². The van der Waals surface area contributed by atoms with Gasteiger partial charge >= 0.3 is 0 Å². The molecule has 0 saturated carbocycles. The van der Waals surface area contributed by atoms with Gasteiger partial charge in [-0.25, -0.2) is 0 Å². The molecule has 114 valence electrons. The molecular formula is C15H19Cl2N3O. The van der Waals surface area contributed by atoms with Gasteiger partial charge in [0.25, 0.3) is 0 Å². The number of rotatable bonds is 6. The molecule has 1 heterocycles. The lowest BCUT2D eigenvalue weighted by atomic mass is 10.0. The molecule has 2 atom stereocenters. The summed E-state index contributed by atoms with van der Waals surface area (Å²) in [7, 11) is 1.91. The van der Waals surface area contributed by atoms with Gasteiger partial charge in [0.1, 0.15) is 0 Å². The largest absolute Gasteiger partial charge is 0.339 e. The zero-order chi connectivity index (χ0) is 15.4. The van der Waals surface area contributed by atoms with Crippen LogP contribution in [0.15, 0.2) is 22.7 Å². The Morgan fingerprint density at radius 3 is 2.67 bits per heavy atom. The van der Waals surface area contributed by atoms with Gasteiger partial charge in [-0.3, -0.25) is 0 Å². The highest BCUT2D eigenvalue weighted by Crippen LogP contribution is 2.26. The number of nitrogens with one attached hydrogen (secondary N) is 1. The van der Waals surface area contributed by atoms with Gasteiger partial charge in [-0.2, -0.15) is 4.98 Å². The number of likely N-dealkylation sites (N-methyl/N-ethyl adjacent to an activating group) is 1. The van der Waals surface area contributed by atoms with E-state index in [9.17, 15) is 0 Å². The number of hydrogen-bond donors (Lipinski definition) is 1. The molecule has 4 nitrogen and oxygen atoms in total. The molecule has 0 aliphatic rings. The summed E-state index contributed by atoms with van der Waals surface area (Å²) in [5.41, 5.74) is 1.02. The first-order valence-electron chi connectivity index (χ1n) is 6.93. The third kappa shape index (κ3) is 4.43. The van der Waals surface area contributed by atoms with E-state index in [1.54, 1.807) is 6.07 Å². The van der Waals surface area contributed by atoms with Gasteiger partial charge in [0, 0.05) is 28.4 Å². The Hall–Kier alpha value is -1.10. The van der Waals surface area contributed by atoms with Crippen LogP contribution in [-0.4, -0.2) is 23.2 Å². The van der Waals surface area contributed by atoms with E-state index in [-0.39, 0.29) is 5.92 Å². The van der Waals surface area contributed by atoms with Crippen LogP contribution in [0.4, 0.5) is 0 Å². The zero-order valence-corrected chi connectivity index (χ0v) is 13.9. The van der Waals surface area contributed by atoms with E-state index in [1.807, 2.05) is 26.1 Å². The van der Waals surface area contributed by atoms with E-state index in [2.05, 4.69) is 22.4 Å². The van der Waals surface area contributed by atoms with E-state index >= 15 is 0 Å². The minimum Gasteiger partial charge on any atom is -0.339 e. The molecule has 0 aliphatic carbocycles. The first-order valence-corrected chi connectivity index (χ1v) is 7.69. The molecule has 0 radical (unpaired) electrons. The fraction of sp³-hybridized carbons (Fsp3) is 0.467. The second-order valence-corrected chi connectivity index (χ2v) is 6.13. The van der Waals surface area contributed by atoms with Gasteiger partial charge in [-0.15, -0.1) is 0 Å². The summed E-state index contributed by atoms with van der Waals surface area (Å²) in [6.07, 6.45) is 1.48. The molecule has 0 bridgehead atoms. The van der Waals surface area contributed by atoms with Crippen molar-refractivity contribution in [3.05, 3.63) is 45.5 Å². The van der Waals surface area contributed by atoms with Crippen LogP contribution >= 0.6 is 23.2 Å². The van der Waals surface area contributed by atoms with Crippen LogP contribution in [-0.2, 0) is 12.8 Å². The highest BCUT2D eigenvalue weighted by molar-refractivity contribution is 6.35. The zero-order valence-electron chi connectivity index (χ0n) is 12.4. The molecule has 0 amide bonds. The first kappa shape index (κ1) is 16.3. The van der Waals surface area contributed by atoms with Crippen LogP contribution in [0, 0.1) is 0 Å². The smallest absolute Gasteiger partial charge is 0.229 e. The van der Waals surface area contributed by atoms with Crippen LogP contribution in [0.2, 0.25) is 10.0 Å². The standard InChI is InChI=1S/C15H19Cl2N3O/c1-9(6-11-4-5-12(16)8-13(11)17)15-19-14(20-21-15)7-10(2)18-3/h4-5,8-10,18H,6-7H2,1-3H3. The minimum absolute atomic E-state index is 0.106. The minimum atomic E-state index is 0.106. The Labute approximate surface area is 134 Å². The summed E-state index contributed by atoms with van der Waals surface area (Å²) in [6.45, 7) is 4.12. The van der Waals surface area contributed by atoms with Crippen molar-refractivity contribution in [2.24, 2.45) is 0 Å². The molecule has 0 aliphatic heterocycles. The summed E-state index contributed by atoms with van der Waals surface area (Å²) in [5, 5.41) is 8.48. The summed E-state index contributed by atoms with van der Waals surface area (Å²) < 4.78 is 5.35. The average molecular weight is 328 g/mol. The average Bonchev–Trinajstić information content (AvgIpc) is 2.90. The van der Waals surface area contributed by atoms with Crippen molar-refractivity contribution in [2.45, 2.75) is 38.6 Å². The second-order valence-electron chi connectivity index (χ2n) is 5.28. The topological polar surface area (TPSA) is 51.0 Å². The Bertz CT molecular complexity index is 600. The molecule has 0 spiro atoms. The van der Waals surface area contributed by atoms with Gasteiger partial charge in [0.05, 0.1) is 0 Å². The molecule has 2 rings (SSSR count). The van der Waals surface area contributed by atoms with Crippen molar-refractivity contribution in [1.29, 1.82) is 0 Å². The highest BCUT2D eigenvalue weighted by atomic mass is 35.5. The van der Waals surface area contributed by atoms with Crippen LogP contribution in [0.3, 0.4) is 0 Å². The van der Waals surface area contributed by atoms with Crippen molar-refractivity contribution in [1.82, 2.24) is 15.5 Å². The van der Waals surface area contributed by atoms with Gasteiger partial charge < -0.3 is 9.84 Å². The third-order valence-electron chi connectivity index (χ3n) is 3.43. The Balaban J connectivity index is 2.04. The normalized spacial score (nSPS) is 14.1. The van der Waals surface area contributed by atoms with Gasteiger partial charge in [0.15, 0.2) is 5.82 Å². The van der Waals surface area contributed by atoms with E-state index in [1.165, 1.54) is 0 Å². The Kier molecular flexibility index (Phi) is 5.62. The van der Waals surface area contributed by atoms with E-state index in [4.69, 9.17) is 27.7 Å². The number of hydrogen-bond acceptors (Lipinski definition) is 4. The fourth-order valence-corrected chi connectivity index (χ4v) is 2.52. The summed E-state index contributed by atoms with van der Waals surface area (Å²) in [4.78, 5) is 4.45. The Morgan fingerprint density at radius 2 is 2.00 bits per heavy atom. The predicted molar refractivity (Wildman–Crippen MR) is 85.1 cm³/mol. The van der Waals surface area contributed by atoms with Crippen LogP contribution < -0.4 is 5.32 Å². The van der Waals surface area contributed by atoms with Crippen LogP contribution in [0.25, 0.3) is 0 Å². The molecule has 2 aromatic rings. The van der Waals surface area contributed by atoms with Crippen LogP contribution in [0.5, 0.6) is 0 Å². The van der Waals surface area contributed by atoms with Crippen LogP contribution in [0.1, 0.15) is 37.0 Å². The van der Waals surface area contributed by atoms with E-state index < -0.39 is 0 Å². The molecule has 1 aromatic carbocycles. The SMILES string of the molecule is CNC(C)Cc1noc(C(C)Cc2ccc(Cl)cc2Cl)n1. The van der Waals surface area contributed by atoms with Crippen molar-refractivity contribution >= 4 is 23.2 Å². The maximum atomic E-state index is 6.19. The lowest BCUT2D eigenvalue weighted by Crippen LogP contribution is -2.24. The van der Waals surface area contributed by atoms with Gasteiger partial charge in [-0.1, -0.05) is 41.3 Å². The second kappa shape index (κ2) is 7.25. The molecule has 2 unspecified atom stereocenters. The predicted octanol–water partition coefficient (Wildman–Crippen LogP) is 3.87. The Morgan fingerprint density at radius 1 is 1.24 bits per heavy atom. The number of halogens is 2. The molecular weight excluding hydrogens is 309 g/mol. The highest BCUT2D eigenvalue weighted by Gasteiger charge is 2.17. The van der Waals surface area contributed by atoms with E-state index in [0.717, 1.165) is 24.2 Å². The summed E-state index contributed by atoms with van der Waals surface area (Å²) >= 11 is 12.1. The quantitative estimate of drug-likeness (QED) is 0.874. The molecule has 21 heavy (non-hydrogen) atoms. The number of benzene rings is 1. The summed E-state index contributed by atoms with van der Waals surface area (Å²) in [6, 6.07) is 5.83. The lowest BCUT2D eigenvalue weighted by molar-refractivity contribution is 0.353. The molecule has 6 heteroatoms. The summed E-state index contributed by atoms with van der Waals surface area (Å²) in [5.74, 6) is 1.47.